The zero-order valence-electron chi connectivity index (χ0n) is 12.0. The maximum Gasteiger partial charge on any atom is 0.233 e. The number of nitrogens with one attached hydrogen (secondary N) is 1. The van der Waals surface area contributed by atoms with Crippen molar-refractivity contribution in [2.24, 2.45) is 5.92 Å². The van der Waals surface area contributed by atoms with Crippen LogP contribution in [-0.4, -0.2) is 36.9 Å². The van der Waals surface area contributed by atoms with Crippen LogP contribution in [0.5, 0.6) is 0 Å². The SMILES string of the molecule is C=CS(=O)(=O)NC[C@H]1CCN([S+]([O-])c2ccc(C)cc2)C1. The number of hydrogen-bond donors (Lipinski definition) is 1. The number of nitrogens with zero attached hydrogens (tertiary/aromatic N) is 1. The van der Waals surface area contributed by atoms with E-state index in [1.807, 2.05) is 35.5 Å². The van der Waals surface area contributed by atoms with Crippen LogP contribution in [0.3, 0.4) is 0 Å². The molecule has 1 aliphatic heterocycles. The minimum atomic E-state index is -3.38. The van der Waals surface area contributed by atoms with Gasteiger partial charge in [0, 0.05) is 25.0 Å². The summed E-state index contributed by atoms with van der Waals surface area (Å²) in [5.74, 6) is 0.175. The number of benzene rings is 1. The molecule has 1 heterocycles. The number of aryl methyl sites for hydroxylation is 1. The maximum atomic E-state index is 12.4. The monoisotopic (exact) mass is 328 g/mol. The Morgan fingerprint density at radius 3 is 2.76 bits per heavy atom. The third kappa shape index (κ3) is 4.55. The van der Waals surface area contributed by atoms with Crippen molar-refractivity contribution in [1.82, 2.24) is 9.03 Å². The zero-order valence-corrected chi connectivity index (χ0v) is 13.6. The second-order valence-electron chi connectivity index (χ2n) is 5.17. The molecule has 1 aliphatic rings. The van der Waals surface area contributed by atoms with Gasteiger partial charge in [0.15, 0.2) is 4.90 Å². The molecule has 1 unspecified atom stereocenters. The van der Waals surface area contributed by atoms with Crippen molar-refractivity contribution in [3.63, 3.8) is 0 Å². The predicted molar refractivity (Wildman–Crippen MR) is 84.4 cm³/mol. The highest BCUT2D eigenvalue weighted by molar-refractivity contribution is 7.92. The van der Waals surface area contributed by atoms with Gasteiger partial charge in [0.2, 0.25) is 10.0 Å². The highest BCUT2D eigenvalue weighted by atomic mass is 32.2. The summed E-state index contributed by atoms with van der Waals surface area (Å²) in [4.78, 5) is 0.785. The minimum absolute atomic E-state index is 0.175. The average Bonchev–Trinajstić information content (AvgIpc) is 2.94. The van der Waals surface area contributed by atoms with Crippen LogP contribution in [0.15, 0.2) is 41.1 Å². The van der Waals surface area contributed by atoms with Crippen LogP contribution >= 0.6 is 0 Å². The van der Waals surface area contributed by atoms with E-state index in [4.69, 9.17) is 0 Å². The Labute approximate surface area is 129 Å². The smallest absolute Gasteiger partial charge is 0.233 e. The number of hydrogen-bond acceptors (Lipinski definition) is 4. The lowest BCUT2D eigenvalue weighted by molar-refractivity contribution is 0.454. The second kappa shape index (κ2) is 6.93. The lowest BCUT2D eigenvalue weighted by Crippen LogP contribution is -2.32. The van der Waals surface area contributed by atoms with Crippen molar-refractivity contribution >= 4 is 21.4 Å². The Kier molecular flexibility index (Phi) is 5.45. The quantitative estimate of drug-likeness (QED) is 0.801. The Balaban J connectivity index is 1.90. The van der Waals surface area contributed by atoms with Crippen molar-refractivity contribution in [3.8, 4) is 0 Å². The van der Waals surface area contributed by atoms with Gasteiger partial charge in [0.1, 0.15) is 0 Å². The van der Waals surface area contributed by atoms with E-state index in [1.54, 1.807) is 0 Å². The lowest BCUT2D eigenvalue weighted by atomic mass is 10.1. The molecule has 1 aromatic rings. The summed E-state index contributed by atoms with van der Waals surface area (Å²) < 4.78 is 39.5. The van der Waals surface area contributed by atoms with Crippen molar-refractivity contribution in [2.45, 2.75) is 18.2 Å². The molecule has 1 fully saturated rings. The molecule has 1 saturated heterocycles. The fourth-order valence-corrected chi connectivity index (χ4v) is 4.08. The van der Waals surface area contributed by atoms with Gasteiger partial charge in [-0.2, -0.15) is 0 Å². The molecule has 0 spiro atoms. The van der Waals surface area contributed by atoms with E-state index in [0.717, 1.165) is 22.3 Å². The van der Waals surface area contributed by atoms with E-state index in [1.165, 1.54) is 0 Å². The Bertz CT molecular complexity index is 587. The third-order valence-corrected chi connectivity index (χ3v) is 5.98. The van der Waals surface area contributed by atoms with E-state index in [9.17, 15) is 13.0 Å². The van der Waals surface area contributed by atoms with Gasteiger partial charge >= 0.3 is 0 Å². The van der Waals surface area contributed by atoms with Gasteiger partial charge in [0.05, 0.1) is 11.4 Å². The zero-order chi connectivity index (χ0) is 15.5. The first-order chi connectivity index (χ1) is 9.91. The van der Waals surface area contributed by atoms with Crippen LogP contribution < -0.4 is 4.72 Å². The van der Waals surface area contributed by atoms with E-state index >= 15 is 0 Å². The molecule has 2 rings (SSSR count). The molecule has 2 atom stereocenters. The molecule has 5 nitrogen and oxygen atoms in total. The van der Waals surface area contributed by atoms with Gasteiger partial charge < -0.3 is 4.55 Å². The first kappa shape index (κ1) is 16.5. The summed E-state index contributed by atoms with van der Waals surface area (Å²) in [6, 6.07) is 7.64. The lowest BCUT2D eigenvalue weighted by Gasteiger charge is -2.19. The highest BCUT2D eigenvalue weighted by Crippen LogP contribution is 2.24. The van der Waals surface area contributed by atoms with Crippen LogP contribution in [0.2, 0.25) is 0 Å². The molecular weight excluding hydrogens is 308 g/mol. The molecule has 0 aromatic heterocycles. The van der Waals surface area contributed by atoms with Crippen LogP contribution in [0.1, 0.15) is 12.0 Å². The molecule has 7 heteroatoms. The van der Waals surface area contributed by atoms with Crippen LogP contribution in [-0.2, 0) is 21.4 Å². The minimum Gasteiger partial charge on any atom is -0.593 e. The van der Waals surface area contributed by atoms with Gasteiger partial charge in [-0.15, -0.1) is 4.31 Å². The summed E-state index contributed by atoms with van der Waals surface area (Å²) in [7, 11) is -3.38. The molecule has 0 radical (unpaired) electrons. The van der Waals surface area contributed by atoms with Crippen molar-refractivity contribution in [3.05, 3.63) is 41.8 Å². The summed E-state index contributed by atoms with van der Waals surface area (Å²) in [6.07, 6.45) is 0.831. The largest absolute Gasteiger partial charge is 0.593 e. The van der Waals surface area contributed by atoms with E-state index in [0.29, 0.717) is 19.6 Å². The van der Waals surface area contributed by atoms with Crippen molar-refractivity contribution < 1.29 is 13.0 Å². The van der Waals surface area contributed by atoms with Gasteiger partial charge in [-0.3, -0.25) is 0 Å². The average molecular weight is 328 g/mol. The van der Waals surface area contributed by atoms with Crippen LogP contribution in [0, 0.1) is 12.8 Å². The summed E-state index contributed by atoms with van der Waals surface area (Å²) in [5, 5.41) is 0.907. The molecule has 116 valence electrons. The van der Waals surface area contributed by atoms with E-state index in [2.05, 4.69) is 11.3 Å². The fourth-order valence-electron chi connectivity index (χ4n) is 2.21. The molecule has 0 amide bonds. The standard InChI is InChI=1S/C14H20N2O3S2/c1-3-21(18,19)15-10-13-8-9-16(11-13)20(17)14-6-4-12(2)5-7-14/h3-7,13,15H,1,8-11H2,2H3/t13-,20?/m1/s1. The first-order valence-corrected chi connectivity index (χ1v) is 9.42. The normalized spacial score (nSPS) is 21.3. The Hall–Kier alpha value is -0.860. The number of rotatable bonds is 6. The van der Waals surface area contributed by atoms with Gasteiger partial charge in [-0.05, 0) is 31.4 Å². The first-order valence-electron chi connectivity index (χ1n) is 6.77. The predicted octanol–water partition coefficient (Wildman–Crippen LogP) is 1.40. The molecule has 0 saturated carbocycles. The van der Waals surface area contributed by atoms with Crippen LogP contribution in [0.25, 0.3) is 0 Å². The number of sulfonamides is 1. The molecule has 0 aliphatic carbocycles. The molecule has 1 N–H and O–H groups in total. The van der Waals surface area contributed by atoms with Crippen LogP contribution in [0.4, 0.5) is 0 Å². The third-order valence-electron chi connectivity index (χ3n) is 3.50. The molecule has 21 heavy (non-hydrogen) atoms. The van der Waals surface area contributed by atoms with Gasteiger partial charge in [0.25, 0.3) is 0 Å². The summed E-state index contributed by atoms with van der Waals surface area (Å²) in [6.45, 7) is 6.94. The Morgan fingerprint density at radius 2 is 2.14 bits per heavy atom. The topological polar surface area (TPSA) is 72.5 Å². The molecular formula is C14H20N2O3S2. The highest BCUT2D eigenvalue weighted by Gasteiger charge is 2.32. The second-order valence-corrected chi connectivity index (χ2v) is 8.36. The summed E-state index contributed by atoms with van der Waals surface area (Å²) >= 11 is -1.18. The van der Waals surface area contributed by atoms with Crippen molar-refractivity contribution in [1.29, 1.82) is 0 Å². The van der Waals surface area contributed by atoms with Gasteiger partial charge in [-0.25, -0.2) is 13.1 Å². The van der Waals surface area contributed by atoms with E-state index < -0.39 is 21.4 Å². The molecule has 0 bridgehead atoms. The summed E-state index contributed by atoms with van der Waals surface area (Å²) in [5.41, 5.74) is 1.13. The molecule has 1 aromatic carbocycles. The van der Waals surface area contributed by atoms with E-state index in [-0.39, 0.29) is 5.92 Å². The van der Waals surface area contributed by atoms with Crippen molar-refractivity contribution in [2.75, 3.05) is 19.6 Å². The van der Waals surface area contributed by atoms with Gasteiger partial charge in [-0.1, -0.05) is 24.3 Å². The maximum absolute atomic E-state index is 12.4. The fraction of sp³-hybridized carbons (Fsp3) is 0.429. The Morgan fingerprint density at radius 1 is 1.48 bits per heavy atom.